The Hall–Kier alpha value is -0.950. The van der Waals surface area contributed by atoms with Crippen molar-refractivity contribution in [3.05, 3.63) is 28.2 Å². The Morgan fingerprint density at radius 1 is 1.43 bits per heavy atom. The average molecular weight is 351 g/mol. The number of nitrogens with one attached hydrogen (secondary N) is 1. The van der Waals surface area contributed by atoms with Gasteiger partial charge in [-0.2, -0.15) is 0 Å². The zero-order valence-corrected chi connectivity index (χ0v) is 13.9. The van der Waals surface area contributed by atoms with E-state index in [0.717, 1.165) is 11.8 Å². The largest absolute Gasteiger partial charge is 0.480 e. The molecule has 1 atom stereocenters. The van der Waals surface area contributed by atoms with Gasteiger partial charge in [-0.1, -0.05) is 23.2 Å². The number of amides is 1. The van der Waals surface area contributed by atoms with Crippen LogP contribution in [0.5, 0.6) is 0 Å². The van der Waals surface area contributed by atoms with Gasteiger partial charge in [0, 0.05) is 9.77 Å². The third kappa shape index (κ3) is 5.39. The molecule has 0 aliphatic carbocycles. The summed E-state index contributed by atoms with van der Waals surface area (Å²) in [5.74, 6) is -1.36. The van der Waals surface area contributed by atoms with E-state index in [-0.39, 0.29) is 11.7 Å². The number of nitrogens with two attached hydrogens (primary N) is 1. The first kappa shape index (κ1) is 18.1. The summed E-state index contributed by atoms with van der Waals surface area (Å²) in [6, 6.07) is 3.67. The van der Waals surface area contributed by atoms with Crippen LogP contribution in [0.3, 0.4) is 0 Å². The lowest BCUT2D eigenvalue weighted by molar-refractivity contribution is -0.139. The number of hydrogen-bond donors (Lipinski definition) is 3. The van der Waals surface area contributed by atoms with Crippen LogP contribution in [0, 0.1) is 0 Å². The van der Waals surface area contributed by atoms with Crippen molar-refractivity contribution in [1.82, 2.24) is 0 Å². The molecule has 0 bridgehead atoms. The van der Waals surface area contributed by atoms with E-state index in [9.17, 15) is 9.59 Å². The van der Waals surface area contributed by atoms with Gasteiger partial charge in [-0.05, 0) is 32.0 Å². The fraction of sp³-hybridized carbons (Fsp3) is 0.385. The molecule has 4 N–H and O–H groups in total. The molecule has 0 aliphatic heterocycles. The van der Waals surface area contributed by atoms with Crippen molar-refractivity contribution in [1.29, 1.82) is 0 Å². The van der Waals surface area contributed by atoms with Gasteiger partial charge in [-0.25, -0.2) is 0 Å². The van der Waals surface area contributed by atoms with Crippen LogP contribution in [0.1, 0.15) is 13.8 Å². The van der Waals surface area contributed by atoms with Crippen LogP contribution in [0.2, 0.25) is 10.0 Å². The molecule has 0 heterocycles. The van der Waals surface area contributed by atoms with Gasteiger partial charge < -0.3 is 16.2 Å². The van der Waals surface area contributed by atoms with Gasteiger partial charge in [-0.3, -0.25) is 9.59 Å². The van der Waals surface area contributed by atoms with E-state index in [1.807, 2.05) is 0 Å². The highest BCUT2D eigenvalue weighted by atomic mass is 35.5. The molecule has 8 heteroatoms. The Kier molecular flexibility index (Phi) is 6.34. The van der Waals surface area contributed by atoms with Gasteiger partial charge in [-0.15, -0.1) is 11.8 Å². The van der Waals surface area contributed by atoms with Gasteiger partial charge in [0.1, 0.15) is 6.04 Å². The lowest BCUT2D eigenvalue weighted by atomic mass is 10.1. The molecule has 0 fully saturated rings. The van der Waals surface area contributed by atoms with Crippen LogP contribution in [-0.2, 0) is 9.59 Å². The Morgan fingerprint density at radius 3 is 2.62 bits per heavy atom. The quantitative estimate of drug-likeness (QED) is 0.733. The van der Waals surface area contributed by atoms with Crippen molar-refractivity contribution >= 4 is 52.5 Å². The van der Waals surface area contributed by atoms with Crippen LogP contribution in [0.4, 0.5) is 5.69 Å². The number of carbonyl (C=O) groups excluding carboxylic acids is 1. The highest BCUT2D eigenvalue weighted by Gasteiger charge is 2.33. The van der Waals surface area contributed by atoms with Gasteiger partial charge in [0.15, 0.2) is 0 Å². The summed E-state index contributed by atoms with van der Waals surface area (Å²) in [5, 5.41) is 12.4. The van der Waals surface area contributed by atoms with E-state index in [4.69, 9.17) is 34.0 Å². The Bertz CT molecular complexity index is 552. The maximum absolute atomic E-state index is 11.9. The second kappa shape index (κ2) is 7.35. The molecule has 1 rings (SSSR count). The first-order valence-corrected chi connectivity index (χ1v) is 7.75. The number of hydrogen-bond acceptors (Lipinski definition) is 4. The highest BCUT2D eigenvalue weighted by molar-refractivity contribution is 8.01. The van der Waals surface area contributed by atoms with E-state index >= 15 is 0 Å². The molecule has 116 valence electrons. The minimum atomic E-state index is -1.11. The summed E-state index contributed by atoms with van der Waals surface area (Å²) < 4.78 is -0.776. The van der Waals surface area contributed by atoms with Crippen LogP contribution in [0.25, 0.3) is 0 Å². The number of halogens is 2. The van der Waals surface area contributed by atoms with Crippen LogP contribution in [-0.4, -0.2) is 33.5 Å². The number of rotatable bonds is 6. The predicted octanol–water partition coefficient (Wildman–Crippen LogP) is 2.86. The predicted molar refractivity (Wildman–Crippen MR) is 87.2 cm³/mol. The topological polar surface area (TPSA) is 92.4 Å². The minimum absolute atomic E-state index is 0.0524. The normalized spacial score (nSPS) is 12.8. The Balaban J connectivity index is 2.62. The summed E-state index contributed by atoms with van der Waals surface area (Å²) >= 11 is 12.9. The van der Waals surface area contributed by atoms with Crippen LogP contribution in [0.15, 0.2) is 18.2 Å². The molecule has 0 radical (unpaired) electrons. The fourth-order valence-electron chi connectivity index (χ4n) is 1.42. The van der Waals surface area contributed by atoms with Crippen LogP contribution >= 0.6 is 35.0 Å². The van der Waals surface area contributed by atoms with Crippen molar-refractivity contribution < 1.29 is 14.7 Å². The lowest BCUT2D eigenvalue weighted by Gasteiger charge is -2.27. The summed E-state index contributed by atoms with van der Waals surface area (Å²) in [7, 11) is 0. The van der Waals surface area contributed by atoms with E-state index < -0.39 is 16.8 Å². The highest BCUT2D eigenvalue weighted by Crippen LogP contribution is 2.29. The monoisotopic (exact) mass is 350 g/mol. The van der Waals surface area contributed by atoms with E-state index in [1.165, 1.54) is 0 Å². The molecule has 0 saturated carbocycles. The number of anilines is 1. The second-order valence-electron chi connectivity index (χ2n) is 4.88. The number of carboxylic acids is 1. The third-order valence-corrected chi connectivity index (χ3v) is 4.76. The summed E-state index contributed by atoms with van der Waals surface area (Å²) in [5.41, 5.74) is 6.00. The number of benzene rings is 1. The SMILES string of the molecule is CC(C)(SCC(=O)Nc1cc(Cl)ccc1Cl)[C@H](N)C(=O)O. The molecule has 0 saturated heterocycles. The zero-order chi connectivity index (χ0) is 16.2. The molecular weight excluding hydrogens is 335 g/mol. The molecule has 0 spiro atoms. The van der Waals surface area contributed by atoms with Gasteiger partial charge in [0.05, 0.1) is 16.5 Å². The zero-order valence-electron chi connectivity index (χ0n) is 11.5. The van der Waals surface area contributed by atoms with Gasteiger partial charge >= 0.3 is 5.97 Å². The molecule has 0 aliphatic rings. The molecule has 0 aromatic heterocycles. The number of aliphatic carboxylic acids is 1. The Morgan fingerprint density at radius 2 is 2.05 bits per heavy atom. The molecule has 1 aromatic rings. The smallest absolute Gasteiger partial charge is 0.321 e. The number of thioether (sulfide) groups is 1. The molecule has 21 heavy (non-hydrogen) atoms. The molecule has 1 amide bonds. The first-order valence-electron chi connectivity index (χ1n) is 6.00. The van der Waals surface area contributed by atoms with E-state index in [1.54, 1.807) is 32.0 Å². The molecule has 5 nitrogen and oxygen atoms in total. The first-order chi connectivity index (χ1) is 9.63. The minimum Gasteiger partial charge on any atom is -0.480 e. The number of carbonyl (C=O) groups is 2. The molecular formula is C13H16Cl2N2O3S. The summed E-state index contributed by atoms with van der Waals surface area (Å²) in [6.07, 6.45) is 0. The van der Waals surface area contributed by atoms with Gasteiger partial charge in [0.25, 0.3) is 0 Å². The number of carboxylic acid groups (broad SMARTS) is 1. The average Bonchev–Trinajstić information content (AvgIpc) is 2.39. The Labute approximate surface area is 137 Å². The molecule has 0 unspecified atom stereocenters. The van der Waals surface area contributed by atoms with Gasteiger partial charge in [0.2, 0.25) is 5.91 Å². The van der Waals surface area contributed by atoms with Crippen molar-refractivity contribution in [2.24, 2.45) is 5.73 Å². The molecule has 1 aromatic carbocycles. The standard InChI is InChI=1S/C13H16Cl2N2O3S/c1-13(2,11(16)12(19)20)21-6-10(18)17-9-5-7(14)3-4-8(9)15/h3-5,11H,6,16H2,1-2H3,(H,17,18)(H,19,20)/t11-/m1/s1. The van der Waals surface area contributed by atoms with Crippen LogP contribution < -0.4 is 11.1 Å². The van der Waals surface area contributed by atoms with E-state index in [0.29, 0.717) is 15.7 Å². The fourth-order valence-corrected chi connectivity index (χ4v) is 2.61. The van der Waals surface area contributed by atoms with Crippen molar-refractivity contribution in [2.75, 3.05) is 11.1 Å². The van der Waals surface area contributed by atoms with Crippen molar-refractivity contribution in [3.63, 3.8) is 0 Å². The maximum atomic E-state index is 11.9. The maximum Gasteiger partial charge on any atom is 0.321 e. The van der Waals surface area contributed by atoms with Crippen molar-refractivity contribution in [3.8, 4) is 0 Å². The third-order valence-electron chi connectivity index (χ3n) is 2.79. The summed E-state index contributed by atoms with van der Waals surface area (Å²) in [4.78, 5) is 22.8. The van der Waals surface area contributed by atoms with Crippen molar-refractivity contribution in [2.45, 2.75) is 24.6 Å². The van der Waals surface area contributed by atoms with E-state index in [2.05, 4.69) is 5.32 Å². The summed E-state index contributed by atoms with van der Waals surface area (Å²) in [6.45, 7) is 3.35. The second-order valence-corrected chi connectivity index (χ2v) is 7.35. The lowest BCUT2D eigenvalue weighted by Crippen LogP contribution is -2.47.